The van der Waals surface area contributed by atoms with Crippen molar-refractivity contribution >= 4 is 5.91 Å². The molecule has 0 aliphatic carbocycles. The molecule has 1 aromatic carbocycles. The molecule has 2 aliphatic heterocycles. The number of rotatable bonds is 5. The standard InChI is InChI=1S/C19H27NO2/c21-19(11-10-18-9-5-13-22-18)20-12-4-8-17(15-20)14-16-6-2-1-3-7-16/h1-3,6-7,17-18H,4-5,8-15H2/t17-,18+/m0/s1. The summed E-state index contributed by atoms with van der Waals surface area (Å²) in [4.78, 5) is 14.5. The second kappa shape index (κ2) is 7.77. The minimum absolute atomic E-state index is 0.327. The molecule has 3 nitrogen and oxygen atoms in total. The van der Waals surface area contributed by atoms with Gasteiger partial charge in [-0.05, 0) is 50.0 Å². The van der Waals surface area contributed by atoms with E-state index < -0.39 is 0 Å². The third-order valence-electron chi connectivity index (χ3n) is 4.94. The lowest BCUT2D eigenvalue weighted by atomic mass is 9.91. The summed E-state index contributed by atoms with van der Waals surface area (Å²) in [6, 6.07) is 10.6. The van der Waals surface area contributed by atoms with Gasteiger partial charge in [0.25, 0.3) is 0 Å². The highest BCUT2D eigenvalue weighted by atomic mass is 16.5. The molecular weight excluding hydrogens is 274 g/mol. The number of carbonyl (C=O) groups is 1. The molecule has 0 unspecified atom stereocenters. The van der Waals surface area contributed by atoms with Gasteiger partial charge in [-0.2, -0.15) is 0 Å². The highest BCUT2D eigenvalue weighted by Crippen LogP contribution is 2.23. The van der Waals surface area contributed by atoms with Crippen molar-refractivity contribution in [2.24, 2.45) is 5.92 Å². The van der Waals surface area contributed by atoms with E-state index >= 15 is 0 Å². The molecule has 0 saturated carbocycles. The molecule has 0 bridgehead atoms. The maximum absolute atomic E-state index is 12.4. The van der Waals surface area contributed by atoms with Gasteiger partial charge in [-0.1, -0.05) is 30.3 Å². The van der Waals surface area contributed by atoms with Crippen LogP contribution in [-0.4, -0.2) is 36.6 Å². The van der Waals surface area contributed by atoms with Gasteiger partial charge in [0, 0.05) is 26.1 Å². The number of amides is 1. The zero-order valence-corrected chi connectivity index (χ0v) is 13.4. The van der Waals surface area contributed by atoms with Crippen LogP contribution in [0.3, 0.4) is 0 Å². The van der Waals surface area contributed by atoms with Crippen molar-refractivity contribution in [2.45, 2.75) is 51.0 Å². The Labute approximate surface area is 133 Å². The Bertz CT molecular complexity index is 468. The summed E-state index contributed by atoms with van der Waals surface area (Å²) in [7, 11) is 0. The fourth-order valence-corrected chi connectivity index (χ4v) is 3.72. The molecule has 0 N–H and O–H groups in total. The Morgan fingerprint density at radius 3 is 2.82 bits per heavy atom. The highest BCUT2D eigenvalue weighted by molar-refractivity contribution is 5.76. The second-order valence-electron chi connectivity index (χ2n) is 6.71. The summed E-state index contributed by atoms with van der Waals surface area (Å²) in [5.74, 6) is 0.941. The Kier molecular flexibility index (Phi) is 5.49. The van der Waals surface area contributed by atoms with Crippen LogP contribution in [0.25, 0.3) is 0 Å². The first-order valence-corrected chi connectivity index (χ1v) is 8.74. The van der Waals surface area contributed by atoms with E-state index in [2.05, 4.69) is 35.2 Å². The molecule has 2 saturated heterocycles. The highest BCUT2D eigenvalue weighted by Gasteiger charge is 2.25. The van der Waals surface area contributed by atoms with Crippen LogP contribution in [0.15, 0.2) is 30.3 Å². The molecule has 120 valence electrons. The van der Waals surface area contributed by atoms with E-state index in [1.54, 1.807) is 0 Å². The second-order valence-corrected chi connectivity index (χ2v) is 6.71. The Hall–Kier alpha value is -1.35. The quantitative estimate of drug-likeness (QED) is 0.834. The van der Waals surface area contributed by atoms with Gasteiger partial charge >= 0.3 is 0 Å². The number of carbonyl (C=O) groups excluding carboxylic acids is 1. The summed E-state index contributed by atoms with van der Waals surface area (Å²) >= 11 is 0. The topological polar surface area (TPSA) is 29.5 Å². The zero-order valence-electron chi connectivity index (χ0n) is 13.4. The fourth-order valence-electron chi connectivity index (χ4n) is 3.72. The van der Waals surface area contributed by atoms with Crippen LogP contribution in [0.4, 0.5) is 0 Å². The molecular formula is C19H27NO2. The molecule has 2 heterocycles. The first kappa shape index (κ1) is 15.5. The average molecular weight is 301 g/mol. The lowest BCUT2D eigenvalue weighted by Crippen LogP contribution is -2.40. The van der Waals surface area contributed by atoms with E-state index in [1.807, 2.05) is 0 Å². The van der Waals surface area contributed by atoms with Crippen LogP contribution in [0.5, 0.6) is 0 Å². The summed E-state index contributed by atoms with van der Waals surface area (Å²) in [6.07, 6.45) is 7.64. The monoisotopic (exact) mass is 301 g/mol. The third-order valence-corrected chi connectivity index (χ3v) is 4.94. The van der Waals surface area contributed by atoms with Crippen LogP contribution in [0, 0.1) is 5.92 Å². The molecule has 3 heteroatoms. The van der Waals surface area contributed by atoms with Crippen molar-refractivity contribution in [1.29, 1.82) is 0 Å². The number of hydrogen-bond acceptors (Lipinski definition) is 2. The van der Waals surface area contributed by atoms with Crippen molar-refractivity contribution < 1.29 is 9.53 Å². The van der Waals surface area contributed by atoms with Gasteiger partial charge in [-0.15, -0.1) is 0 Å². The van der Waals surface area contributed by atoms with Crippen LogP contribution < -0.4 is 0 Å². The van der Waals surface area contributed by atoms with Crippen molar-refractivity contribution in [1.82, 2.24) is 4.90 Å². The smallest absolute Gasteiger partial charge is 0.222 e. The number of piperidine rings is 1. The Balaban J connectivity index is 1.46. The predicted molar refractivity (Wildman–Crippen MR) is 87.7 cm³/mol. The molecule has 0 spiro atoms. The van der Waals surface area contributed by atoms with E-state index in [1.165, 1.54) is 12.0 Å². The van der Waals surface area contributed by atoms with Gasteiger partial charge in [0.15, 0.2) is 0 Å². The van der Waals surface area contributed by atoms with E-state index in [0.29, 0.717) is 24.3 Å². The minimum Gasteiger partial charge on any atom is -0.378 e. The summed E-state index contributed by atoms with van der Waals surface area (Å²) < 4.78 is 5.62. The molecule has 1 aromatic rings. The number of benzene rings is 1. The summed E-state index contributed by atoms with van der Waals surface area (Å²) in [5.41, 5.74) is 1.39. The first-order valence-electron chi connectivity index (χ1n) is 8.74. The fraction of sp³-hybridized carbons (Fsp3) is 0.632. The van der Waals surface area contributed by atoms with Crippen molar-refractivity contribution in [3.63, 3.8) is 0 Å². The molecule has 2 aliphatic rings. The average Bonchev–Trinajstić information content (AvgIpc) is 3.07. The number of hydrogen-bond donors (Lipinski definition) is 0. The molecule has 22 heavy (non-hydrogen) atoms. The lowest BCUT2D eigenvalue weighted by Gasteiger charge is -2.33. The molecule has 1 amide bonds. The molecule has 0 aromatic heterocycles. The van der Waals surface area contributed by atoms with E-state index in [-0.39, 0.29) is 0 Å². The zero-order chi connectivity index (χ0) is 15.2. The normalized spacial score (nSPS) is 25.4. The SMILES string of the molecule is O=C(CC[C@H]1CCCO1)N1CCC[C@@H](Cc2ccccc2)C1. The van der Waals surface area contributed by atoms with Crippen molar-refractivity contribution in [3.8, 4) is 0 Å². The van der Waals surface area contributed by atoms with Crippen LogP contribution in [0.2, 0.25) is 0 Å². The first-order chi connectivity index (χ1) is 10.8. The maximum Gasteiger partial charge on any atom is 0.222 e. The lowest BCUT2D eigenvalue weighted by molar-refractivity contribution is -0.133. The van der Waals surface area contributed by atoms with Gasteiger partial charge in [0.1, 0.15) is 0 Å². The van der Waals surface area contributed by atoms with Crippen LogP contribution in [-0.2, 0) is 16.0 Å². The van der Waals surface area contributed by atoms with E-state index in [9.17, 15) is 4.79 Å². The number of nitrogens with zero attached hydrogens (tertiary/aromatic N) is 1. The molecule has 2 fully saturated rings. The largest absolute Gasteiger partial charge is 0.378 e. The third kappa shape index (κ3) is 4.33. The van der Waals surface area contributed by atoms with Crippen molar-refractivity contribution in [2.75, 3.05) is 19.7 Å². The van der Waals surface area contributed by atoms with Crippen LogP contribution >= 0.6 is 0 Å². The number of ether oxygens (including phenoxy) is 1. The Morgan fingerprint density at radius 2 is 2.05 bits per heavy atom. The van der Waals surface area contributed by atoms with Crippen LogP contribution in [0.1, 0.15) is 44.1 Å². The maximum atomic E-state index is 12.4. The predicted octanol–water partition coefficient (Wildman–Crippen LogP) is 3.43. The van der Waals surface area contributed by atoms with E-state index in [0.717, 1.165) is 51.8 Å². The summed E-state index contributed by atoms with van der Waals surface area (Å²) in [6.45, 7) is 2.75. The van der Waals surface area contributed by atoms with Gasteiger partial charge in [0.2, 0.25) is 5.91 Å². The van der Waals surface area contributed by atoms with Gasteiger partial charge in [-0.25, -0.2) is 0 Å². The van der Waals surface area contributed by atoms with Crippen molar-refractivity contribution in [3.05, 3.63) is 35.9 Å². The van der Waals surface area contributed by atoms with Gasteiger partial charge in [0.05, 0.1) is 6.10 Å². The molecule has 2 atom stereocenters. The molecule has 3 rings (SSSR count). The van der Waals surface area contributed by atoms with Gasteiger partial charge in [-0.3, -0.25) is 4.79 Å². The minimum atomic E-state index is 0.327. The summed E-state index contributed by atoms with van der Waals surface area (Å²) in [5, 5.41) is 0. The molecule has 0 radical (unpaired) electrons. The van der Waals surface area contributed by atoms with Gasteiger partial charge < -0.3 is 9.64 Å². The number of likely N-dealkylation sites (tertiary alicyclic amines) is 1. The Morgan fingerprint density at radius 1 is 1.18 bits per heavy atom. The van der Waals surface area contributed by atoms with E-state index in [4.69, 9.17) is 4.74 Å².